The molecule has 0 bridgehead atoms. The highest BCUT2D eigenvalue weighted by Crippen LogP contribution is 2.38. The molecule has 1 saturated carbocycles. The number of H-pyrrole nitrogens is 1. The number of hydrogen-bond acceptors (Lipinski definition) is 8. The van der Waals surface area contributed by atoms with Crippen molar-refractivity contribution in [1.29, 1.82) is 0 Å². The molecule has 2 atom stereocenters. The Kier molecular flexibility index (Phi) is 12.2. The van der Waals surface area contributed by atoms with Crippen molar-refractivity contribution < 1.29 is 51.5 Å². The van der Waals surface area contributed by atoms with Crippen LogP contribution in [0.4, 0.5) is 8.78 Å². The molecule has 1 aromatic heterocycles. The first-order chi connectivity index (χ1) is 22.3. The fraction of sp³-hybridized carbons (Fsp3) is 0.406. The molecule has 2 aromatic carbocycles. The smallest absolute Gasteiger partial charge is 0.387 e. The average molecular weight is 731 g/mol. The molecule has 3 aromatic rings. The summed E-state index contributed by atoms with van der Waals surface area (Å²) in [5.41, 5.74) is 0.992. The molecule has 2 fully saturated rings. The second-order valence-electron chi connectivity index (χ2n) is 11.6. The maximum absolute atomic E-state index is 13.8. The van der Waals surface area contributed by atoms with Crippen LogP contribution >= 0.6 is 23.2 Å². The number of esters is 1. The molecular weight excluding hydrogens is 695 g/mol. The number of pyridine rings is 1. The Morgan fingerprint density at radius 2 is 1.75 bits per heavy atom. The van der Waals surface area contributed by atoms with Gasteiger partial charge in [0.25, 0.3) is 5.91 Å². The van der Waals surface area contributed by atoms with Crippen LogP contribution in [0.2, 0.25) is 10.0 Å². The van der Waals surface area contributed by atoms with E-state index in [2.05, 4.69) is 9.72 Å². The van der Waals surface area contributed by atoms with Crippen LogP contribution in [0.15, 0.2) is 59.8 Å². The molecule has 2 N–H and O–H groups in total. The normalized spacial score (nSPS) is 17.0. The molecule has 48 heavy (non-hydrogen) atoms. The molecule has 0 radical (unpaired) electrons. The number of benzene rings is 2. The highest BCUT2D eigenvalue weighted by Gasteiger charge is 2.42. The van der Waals surface area contributed by atoms with Crippen LogP contribution in [0.25, 0.3) is 0 Å². The van der Waals surface area contributed by atoms with Gasteiger partial charge in [-0.15, -0.1) is 0 Å². The molecule has 1 amide bonds. The van der Waals surface area contributed by atoms with Crippen molar-refractivity contribution in [3.63, 3.8) is 0 Å². The Hall–Kier alpha value is -3.56. The highest BCUT2D eigenvalue weighted by molar-refractivity contribution is 7.89. The topological polar surface area (TPSA) is 147 Å². The third-order valence-electron chi connectivity index (χ3n) is 7.94. The molecule has 260 valence electrons. The Bertz CT molecular complexity index is 1720. The largest absolute Gasteiger partial charge is 0.870 e. The monoisotopic (exact) mass is 729 g/mol. The predicted octanol–water partition coefficient (Wildman–Crippen LogP) is 5.40. The lowest BCUT2D eigenvalue weighted by Crippen LogP contribution is -2.42. The summed E-state index contributed by atoms with van der Waals surface area (Å²) in [4.78, 5) is 30.4. The SMILES string of the molecule is CN(C)C(=O)c1cccc(S(=O)(=O)N2CCC[C@H]2C(=O)O[C@@H](Cc2c(Cl)c[nH+]cc2Cl)c2ccc(OC(F)F)c(OCC3CC3)c2)c1.[OH-]. The van der Waals surface area contributed by atoms with Crippen LogP contribution in [0, 0.1) is 5.92 Å². The van der Waals surface area contributed by atoms with Gasteiger partial charge >= 0.3 is 12.6 Å². The molecule has 1 saturated heterocycles. The van der Waals surface area contributed by atoms with Gasteiger partial charge in [-0.3, -0.25) is 9.59 Å². The van der Waals surface area contributed by atoms with E-state index in [0.29, 0.717) is 30.1 Å². The van der Waals surface area contributed by atoms with Crippen LogP contribution in [-0.4, -0.2) is 74.9 Å². The average Bonchev–Trinajstić information content (AvgIpc) is 3.72. The number of sulfonamides is 1. The quantitative estimate of drug-likeness (QED) is 0.213. The van der Waals surface area contributed by atoms with Crippen molar-refractivity contribution in [2.75, 3.05) is 27.2 Å². The summed E-state index contributed by atoms with van der Waals surface area (Å²) in [6, 6.07) is 8.70. The molecule has 5 rings (SSSR count). The Balaban J connectivity index is 0.00000520. The highest BCUT2D eigenvalue weighted by atomic mass is 35.5. The zero-order valence-electron chi connectivity index (χ0n) is 26.1. The summed E-state index contributed by atoms with van der Waals surface area (Å²) in [5, 5.41) is 0.525. The number of aromatic amines is 1. The van der Waals surface area contributed by atoms with E-state index in [0.717, 1.165) is 17.1 Å². The zero-order valence-corrected chi connectivity index (χ0v) is 28.4. The van der Waals surface area contributed by atoms with E-state index < -0.39 is 34.7 Å². The van der Waals surface area contributed by atoms with Gasteiger partial charge in [-0.1, -0.05) is 35.3 Å². The number of rotatable bonds is 13. The molecule has 2 aliphatic rings. The van der Waals surface area contributed by atoms with Gasteiger partial charge in [0.05, 0.1) is 11.5 Å². The molecule has 1 aliphatic carbocycles. The first kappa shape index (κ1) is 37.3. The van der Waals surface area contributed by atoms with Gasteiger partial charge in [-0.2, -0.15) is 13.1 Å². The van der Waals surface area contributed by atoms with Crippen molar-refractivity contribution in [3.05, 3.63) is 81.6 Å². The Labute approximate surface area is 287 Å². The van der Waals surface area contributed by atoms with E-state index >= 15 is 0 Å². The number of carbonyl (C=O) groups excluding carboxylic acids is 2. The van der Waals surface area contributed by atoms with Crippen LogP contribution in [-0.2, 0) is 26.0 Å². The van der Waals surface area contributed by atoms with E-state index in [4.69, 9.17) is 32.7 Å². The second kappa shape index (κ2) is 15.8. The standard InChI is InChI=1S/C32H33Cl2F2N3O7S.H2O/c1-38(2)30(40)21-5-3-6-22(13-21)47(42,43)39-12-4-7-26(39)31(41)45-28(15-23-24(33)16-37-17-25(23)34)20-10-11-27(46-32(35)36)29(14-20)44-18-19-8-9-19;/h3,5-6,10-11,13-14,16-17,19,26,28,32H,4,7-9,12,15,18H2,1-2H3;1H2/t26-,28-;/m0./s1. The zero-order chi connectivity index (χ0) is 33.9. The molecular formula is C32H35Cl2F2N3O8S. The lowest BCUT2D eigenvalue weighted by Gasteiger charge is -2.26. The minimum Gasteiger partial charge on any atom is -0.870 e. The number of halogens is 4. The van der Waals surface area contributed by atoms with Gasteiger partial charge in [0.15, 0.2) is 23.9 Å². The van der Waals surface area contributed by atoms with Crippen molar-refractivity contribution in [1.82, 2.24) is 9.21 Å². The van der Waals surface area contributed by atoms with E-state index in [1.165, 1.54) is 59.8 Å². The van der Waals surface area contributed by atoms with Gasteiger partial charge in [-0.25, -0.2) is 13.4 Å². The number of nitrogens with one attached hydrogen (secondary N) is 1. The molecule has 16 heteroatoms. The fourth-order valence-electron chi connectivity index (χ4n) is 5.27. The van der Waals surface area contributed by atoms with E-state index in [-0.39, 0.29) is 62.8 Å². The van der Waals surface area contributed by atoms with Gasteiger partial charge < -0.3 is 24.6 Å². The van der Waals surface area contributed by atoms with Crippen LogP contribution < -0.4 is 14.5 Å². The van der Waals surface area contributed by atoms with Crippen LogP contribution in [0.3, 0.4) is 0 Å². The van der Waals surface area contributed by atoms with Crippen molar-refractivity contribution in [3.8, 4) is 11.5 Å². The molecule has 0 unspecified atom stereocenters. The maximum Gasteiger partial charge on any atom is 0.387 e. The molecule has 1 aliphatic heterocycles. The van der Waals surface area contributed by atoms with Gasteiger partial charge in [0.1, 0.15) is 22.2 Å². The number of alkyl halides is 2. The van der Waals surface area contributed by atoms with Gasteiger partial charge in [0.2, 0.25) is 10.0 Å². The van der Waals surface area contributed by atoms with Crippen LogP contribution in [0.5, 0.6) is 11.5 Å². The number of hydrogen-bond donors (Lipinski definition) is 0. The van der Waals surface area contributed by atoms with E-state index in [1.807, 2.05) is 0 Å². The maximum atomic E-state index is 13.8. The van der Waals surface area contributed by atoms with Crippen molar-refractivity contribution in [2.24, 2.45) is 5.92 Å². The van der Waals surface area contributed by atoms with Gasteiger partial charge in [0, 0.05) is 38.2 Å². The Morgan fingerprint density at radius 1 is 1.04 bits per heavy atom. The van der Waals surface area contributed by atoms with Crippen molar-refractivity contribution >= 4 is 45.1 Å². The third kappa shape index (κ3) is 8.72. The first-order valence-corrected chi connectivity index (χ1v) is 17.1. The number of nitrogens with zero attached hydrogens (tertiary/aromatic N) is 2. The number of aromatic nitrogens is 1. The molecule has 2 heterocycles. The minimum atomic E-state index is -4.21. The summed E-state index contributed by atoms with van der Waals surface area (Å²) in [6.45, 7) is -2.73. The molecule has 0 spiro atoms. The van der Waals surface area contributed by atoms with E-state index in [1.54, 1.807) is 14.1 Å². The summed E-state index contributed by atoms with van der Waals surface area (Å²) >= 11 is 12.9. The lowest BCUT2D eigenvalue weighted by molar-refractivity contribution is -0.377. The predicted molar refractivity (Wildman–Crippen MR) is 170 cm³/mol. The van der Waals surface area contributed by atoms with E-state index in [9.17, 15) is 26.8 Å². The summed E-state index contributed by atoms with van der Waals surface area (Å²) < 4.78 is 71.6. The van der Waals surface area contributed by atoms with Crippen LogP contribution in [0.1, 0.15) is 53.3 Å². The summed E-state index contributed by atoms with van der Waals surface area (Å²) in [5.74, 6) is -1.01. The van der Waals surface area contributed by atoms with Gasteiger partial charge in [-0.05, 0) is 67.5 Å². The van der Waals surface area contributed by atoms with Crippen molar-refractivity contribution in [2.45, 2.75) is 55.8 Å². The summed E-state index contributed by atoms with van der Waals surface area (Å²) in [6.07, 6.45) is 4.43. The summed E-state index contributed by atoms with van der Waals surface area (Å²) in [7, 11) is -1.10. The second-order valence-corrected chi connectivity index (χ2v) is 14.3. The minimum absolute atomic E-state index is 0. The lowest BCUT2D eigenvalue weighted by atomic mass is 10.0. The Morgan fingerprint density at radius 3 is 2.40 bits per heavy atom. The fourth-order valence-corrected chi connectivity index (χ4v) is 7.50. The molecule has 11 nitrogen and oxygen atoms in total. The number of amides is 1. The first-order valence-electron chi connectivity index (χ1n) is 14.9. The number of carbonyl (C=O) groups is 2. The third-order valence-corrected chi connectivity index (χ3v) is 10.5. The number of ether oxygens (including phenoxy) is 3.